The van der Waals surface area contributed by atoms with Crippen molar-refractivity contribution in [1.29, 1.82) is 0 Å². The topological polar surface area (TPSA) is 74.6 Å². The summed E-state index contributed by atoms with van der Waals surface area (Å²) in [5.74, 6) is 0. The van der Waals surface area contributed by atoms with Gasteiger partial charge in [0.1, 0.15) is 12.2 Å². The van der Waals surface area contributed by atoms with Gasteiger partial charge in [-0.25, -0.2) is 0 Å². The number of benzene rings is 1. The van der Waals surface area contributed by atoms with E-state index in [0.717, 1.165) is 59.1 Å². The van der Waals surface area contributed by atoms with Gasteiger partial charge in [-0.2, -0.15) is 0 Å². The molecule has 2 atom stereocenters. The van der Waals surface area contributed by atoms with Crippen LogP contribution in [0.1, 0.15) is 488 Å². The number of carbonyl (C=O) groups is 2. The van der Waals surface area contributed by atoms with Crippen LogP contribution in [0.25, 0.3) is 20.9 Å². The fraction of sp³-hybridized carbons (Fsp3) is 0.739. The monoisotopic (exact) mass is 1440 g/mol. The highest BCUT2D eigenvalue weighted by Gasteiger charge is 2.50. The lowest BCUT2D eigenvalue weighted by Crippen LogP contribution is -2.27. The van der Waals surface area contributed by atoms with Gasteiger partial charge in [0, 0.05) is 41.5 Å². The Hall–Kier alpha value is -2.72. The van der Waals surface area contributed by atoms with Crippen LogP contribution in [0.15, 0.2) is 47.2 Å². The summed E-state index contributed by atoms with van der Waals surface area (Å²) < 4.78 is 0. The number of hydrogen-bond donors (Lipinski definition) is 2. The molecular weight excluding hydrogens is 1300 g/mol. The Morgan fingerprint density at radius 2 is 0.510 bits per heavy atom. The molecule has 562 valence electrons. The van der Waals surface area contributed by atoms with Gasteiger partial charge in [0.2, 0.25) is 0 Å². The molecule has 0 fully saturated rings. The fourth-order valence-corrected chi connectivity index (χ4v) is 21.7. The molecule has 0 amide bonds. The van der Waals surface area contributed by atoms with E-state index in [4.69, 9.17) is 0 Å². The second kappa shape index (κ2) is 50.7. The van der Waals surface area contributed by atoms with E-state index in [0.29, 0.717) is 9.75 Å². The highest BCUT2D eigenvalue weighted by Crippen LogP contribution is 2.64. The normalized spacial score (nSPS) is 14.1. The van der Waals surface area contributed by atoms with Crippen LogP contribution in [0.3, 0.4) is 0 Å². The van der Waals surface area contributed by atoms with Gasteiger partial charge in [0.15, 0.2) is 12.6 Å². The largest absolute Gasteiger partial charge is 0.383 e. The van der Waals surface area contributed by atoms with Crippen LogP contribution in [-0.4, -0.2) is 22.8 Å². The Balaban J connectivity index is 1.20. The first kappa shape index (κ1) is 84.5. The maximum atomic E-state index is 12.6. The Morgan fingerprint density at radius 1 is 0.300 bits per heavy atom. The van der Waals surface area contributed by atoms with Gasteiger partial charge in [0.05, 0.1) is 9.75 Å². The second-order valence-corrected chi connectivity index (χ2v) is 35.9. The maximum Gasteiger partial charge on any atom is 0.160 e. The number of aldehydes is 2. The van der Waals surface area contributed by atoms with Crippen molar-refractivity contribution in [2.24, 2.45) is 0 Å². The zero-order valence-corrected chi connectivity index (χ0v) is 68.0. The lowest BCUT2D eigenvalue weighted by molar-refractivity contribution is 0.111. The minimum atomic E-state index is -0.848. The van der Waals surface area contributed by atoms with E-state index < -0.39 is 12.2 Å². The van der Waals surface area contributed by atoms with Crippen molar-refractivity contribution in [3.63, 3.8) is 0 Å². The molecule has 4 heterocycles. The molecule has 2 N–H and O–H groups in total. The molecule has 4 nitrogen and oxygen atoms in total. The maximum absolute atomic E-state index is 12.6. The van der Waals surface area contributed by atoms with E-state index in [1.54, 1.807) is 0 Å². The smallest absolute Gasteiger partial charge is 0.160 e. The number of rotatable bonds is 66. The molecular formula is C92H146O4S4. The summed E-state index contributed by atoms with van der Waals surface area (Å²) in [5.41, 5.74) is 9.78. The third-order valence-electron chi connectivity index (χ3n) is 23.8. The van der Waals surface area contributed by atoms with Crippen LogP contribution < -0.4 is 0 Å². The van der Waals surface area contributed by atoms with Gasteiger partial charge < -0.3 is 10.2 Å². The summed E-state index contributed by atoms with van der Waals surface area (Å²) in [6.45, 7) is 9.25. The average molecular weight is 1440 g/mol. The number of thiophene rings is 4. The summed E-state index contributed by atoms with van der Waals surface area (Å²) in [6.07, 6.45) is 80.0. The predicted molar refractivity (Wildman–Crippen MR) is 442 cm³/mol. The molecule has 2 aliphatic rings. The molecule has 7 rings (SSSR count). The minimum absolute atomic E-state index is 0.200. The number of carbonyl (C=O) groups excluding carboxylic acids is 2. The predicted octanol–water partition coefficient (Wildman–Crippen LogP) is 31.7. The molecule has 0 radical (unpaired) electrons. The molecule has 5 aromatic rings. The molecule has 0 bridgehead atoms. The van der Waals surface area contributed by atoms with Crippen LogP contribution in [0, 0.1) is 0 Å². The number of aliphatic hydroxyl groups excluding tert-OH is 2. The van der Waals surface area contributed by atoms with Crippen LogP contribution in [0.2, 0.25) is 0 Å². The van der Waals surface area contributed by atoms with Crippen molar-refractivity contribution in [1.82, 2.24) is 0 Å². The van der Waals surface area contributed by atoms with E-state index >= 15 is 0 Å². The van der Waals surface area contributed by atoms with Crippen molar-refractivity contribution in [2.45, 2.75) is 436 Å². The average Bonchev–Trinajstić information content (AvgIpc) is 1.52. The summed E-state index contributed by atoms with van der Waals surface area (Å²) in [6, 6.07) is 14.3. The Morgan fingerprint density at radius 3 is 0.720 bits per heavy atom. The highest BCUT2D eigenvalue weighted by atomic mass is 32.1. The molecule has 0 aliphatic heterocycles. The van der Waals surface area contributed by atoms with E-state index in [1.807, 2.05) is 45.6 Å². The molecule has 0 saturated carbocycles. The van der Waals surface area contributed by atoms with Crippen molar-refractivity contribution in [3.05, 3.63) is 100 Å². The number of hydrogen-bond acceptors (Lipinski definition) is 8. The van der Waals surface area contributed by atoms with Gasteiger partial charge in [0.25, 0.3) is 0 Å². The van der Waals surface area contributed by atoms with E-state index in [1.165, 1.54) is 425 Å². The molecule has 0 spiro atoms. The van der Waals surface area contributed by atoms with Crippen molar-refractivity contribution in [3.8, 4) is 20.9 Å². The molecule has 8 heteroatoms. The third-order valence-corrected chi connectivity index (χ3v) is 28.0. The van der Waals surface area contributed by atoms with E-state index in [-0.39, 0.29) is 10.8 Å². The lowest BCUT2D eigenvalue weighted by atomic mass is 9.68. The number of aliphatic hydroxyl groups is 2. The van der Waals surface area contributed by atoms with Gasteiger partial charge in [-0.15, -0.1) is 45.3 Å². The number of unbranched alkanes of at least 4 members (excludes halogenated alkanes) is 52. The summed E-state index contributed by atoms with van der Waals surface area (Å²) in [4.78, 5) is 31.0. The summed E-state index contributed by atoms with van der Waals surface area (Å²) >= 11 is 6.51. The summed E-state index contributed by atoms with van der Waals surface area (Å²) in [5, 5.41) is 29.0. The van der Waals surface area contributed by atoms with Gasteiger partial charge >= 0.3 is 0 Å². The zero-order chi connectivity index (χ0) is 70.6. The SMILES string of the molecule is CCCCCCCCCCCCCCCCC1(CCCCCCCCCCCCCCCC)c2cc3c(cc2-c2sc(C(O)c4ccsc4C=O)cc21)C(CCCCCCCCCCCCCCCC)(CCCCCCCCCCCCCCCC)c1cc(C(O)c2ccsc2C=O)sc1-3. The van der Waals surface area contributed by atoms with Crippen LogP contribution >= 0.6 is 45.3 Å². The van der Waals surface area contributed by atoms with Gasteiger partial charge in [-0.3, -0.25) is 9.59 Å². The summed E-state index contributed by atoms with van der Waals surface area (Å²) in [7, 11) is 0. The lowest BCUT2D eigenvalue weighted by Gasteiger charge is -2.35. The van der Waals surface area contributed by atoms with Gasteiger partial charge in [-0.05, 0) is 106 Å². The van der Waals surface area contributed by atoms with Crippen LogP contribution in [-0.2, 0) is 10.8 Å². The standard InChI is InChI=1S/C92H146O4S4/c1-5-9-13-17-21-25-29-33-37-41-45-49-53-57-63-91(64-58-54-50-46-42-38-34-30-26-22-18-14-10-6-2)79-69-78-80(70-77(79)89-81(91)71-83(99-89)87(95)75-61-67-97-85(75)73-93)92(65-59-55-51-47-43-39-35-31-27-23-19-15-11-7-3,66-60-56-52-48-44-40-36-32-28-24-20-16-12-8-4)82-72-84(100-90(78)82)88(96)76-62-68-98-86(76)74-94/h61-62,67-74,87-88,95-96H,5-60,63-66H2,1-4H3. The van der Waals surface area contributed by atoms with E-state index in [2.05, 4.69) is 52.0 Å². The highest BCUT2D eigenvalue weighted by molar-refractivity contribution is 7.16. The first-order valence-electron chi connectivity index (χ1n) is 43.2. The first-order chi connectivity index (χ1) is 49.3. The Labute approximate surface area is 630 Å². The third kappa shape index (κ3) is 26.9. The van der Waals surface area contributed by atoms with Crippen molar-refractivity contribution in [2.75, 3.05) is 0 Å². The van der Waals surface area contributed by atoms with Crippen molar-refractivity contribution >= 4 is 57.9 Å². The molecule has 2 unspecified atom stereocenters. The Bertz CT molecular complexity index is 2660. The Kier molecular flexibility index (Phi) is 42.9. The fourth-order valence-electron chi connectivity index (χ4n) is 17.7. The molecule has 100 heavy (non-hydrogen) atoms. The molecule has 2 aliphatic carbocycles. The van der Waals surface area contributed by atoms with Crippen LogP contribution in [0.4, 0.5) is 0 Å². The minimum Gasteiger partial charge on any atom is -0.383 e. The van der Waals surface area contributed by atoms with Gasteiger partial charge in [-0.1, -0.05) is 387 Å². The van der Waals surface area contributed by atoms with Crippen molar-refractivity contribution < 1.29 is 19.8 Å². The molecule has 4 aromatic heterocycles. The zero-order valence-electron chi connectivity index (χ0n) is 64.7. The van der Waals surface area contributed by atoms with E-state index in [9.17, 15) is 19.8 Å². The molecule has 1 aromatic carbocycles. The van der Waals surface area contributed by atoms with Crippen LogP contribution in [0.5, 0.6) is 0 Å². The number of fused-ring (bicyclic) bond motifs is 6. The first-order valence-corrected chi connectivity index (χ1v) is 46.6. The second-order valence-electron chi connectivity index (χ2n) is 31.8. The molecule has 0 saturated heterocycles. The quantitative estimate of drug-likeness (QED) is 0.0300.